The van der Waals surface area contributed by atoms with Crippen molar-refractivity contribution in [3.63, 3.8) is 0 Å². The smallest absolute Gasteiger partial charge is 0.408 e. The van der Waals surface area contributed by atoms with Gasteiger partial charge in [0.25, 0.3) is 0 Å². The van der Waals surface area contributed by atoms with Crippen LogP contribution in [0.5, 0.6) is 0 Å². The number of aliphatic carboxylic acids is 1. The van der Waals surface area contributed by atoms with E-state index in [1.807, 2.05) is 0 Å². The van der Waals surface area contributed by atoms with Gasteiger partial charge < -0.3 is 15.2 Å². The van der Waals surface area contributed by atoms with Crippen molar-refractivity contribution in [2.24, 2.45) is 5.41 Å². The predicted molar refractivity (Wildman–Crippen MR) is 78.4 cm³/mol. The summed E-state index contributed by atoms with van der Waals surface area (Å²) in [6.45, 7) is 5.26. The number of halogens is 1. The third-order valence-corrected chi connectivity index (χ3v) is 4.85. The van der Waals surface area contributed by atoms with Crippen LogP contribution in [-0.4, -0.2) is 32.2 Å². The van der Waals surface area contributed by atoms with Crippen LogP contribution in [0.25, 0.3) is 0 Å². The van der Waals surface area contributed by atoms with E-state index in [0.29, 0.717) is 9.84 Å². The van der Waals surface area contributed by atoms with Crippen LogP contribution in [0, 0.1) is 5.41 Å². The van der Waals surface area contributed by atoms with Gasteiger partial charge in [-0.1, -0.05) is 22.6 Å². The van der Waals surface area contributed by atoms with Gasteiger partial charge in [0.05, 0.1) is 0 Å². The summed E-state index contributed by atoms with van der Waals surface area (Å²) in [6, 6.07) is -0.851. The highest BCUT2D eigenvalue weighted by Crippen LogP contribution is 2.73. The molecule has 0 spiro atoms. The van der Waals surface area contributed by atoms with E-state index in [1.165, 1.54) is 0 Å². The van der Waals surface area contributed by atoms with Gasteiger partial charge in [-0.2, -0.15) is 0 Å². The van der Waals surface area contributed by atoms with E-state index in [2.05, 4.69) is 27.9 Å². The van der Waals surface area contributed by atoms with Gasteiger partial charge in [0.2, 0.25) is 0 Å². The van der Waals surface area contributed by atoms with Gasteiger partial charge in [-0.3, -0.25) is 0 Å². The van der Waals surface area contributed by atoms with Gasteiger partial charge in [-0.15, -0.1) is 0 Å². The first-order valence-corrected chi connectivity index (χ1v) is 7.52. The molecule has 2 bridgehead atoms. The van der Waals surface area contributed by atoms with Crippen LogP contribution in [0.4, 0.5) is 4.79 Å². The Balaban J connectivity index is 1.87. The first kappa shape index (κ1) is 14.9. The Kier molecular flexibility index (Phi) is 3.52. The largest absolute Gasteiger partial charge is 0.480 e. The van der Waals surface area contributed by atoms with Crippen LogP contribution >= 0.6 is 22.6 Å². The zero-order chi connectivity index (χ0) is 14.5. The number of alkyl carbamates (subject to hydrolysis) is 1. The molecule has 0 radical (unpaired) electrons. The molecule has 0 aromatic heterocycles. The second-order valence-electron chi connectivity index (χ2n) is 6.92. The number of carboxylic acid groups (broad SMARTS) is 1. The molecule has 1 unspecified atom stereocenters. The maximum atomic E-state index is 11.6. The number of hydrogen-bond donors (Lipinski definition) is 2. The molecule has 0 aromatic carbocycles. The second kappa shape index (κ2) is 4.49. The second-order valence-corrected chi connectivity index (χ2v) is 9.21. The molecule has 2 N–H and O–H groups in total. The number of nitrogens with one attached hydrogen (secondary N) is 1. The van der Waals surface area contributed by atoms with Crippen molar-refractivity contribution >= 4 is 34.7 Å². The third kappa shape index (κ3) is 3.32. The molecule has 3 fully saturated rings. The Labute approximate surface area is 126 Å². The van der Waals surface area contributed by atoms with E-state index >= 15 is 0 Å². The molecule has 0 aliphatic heterocycles. The molecular weight excluding hydrogens is 361 g/mol. The average Bonchev–Trinajstić information content (AvgIpc) is 2.08. The summed E-state index contributed by atoms with van der Waals surface area (Å²) in [6.07, 6.45) is 3.06. The molecule has 6 heteroatoms. The Bertz CT molecular complexity index is 396. The van der Waals surface area contributed by atoms with Crippen molar-refractivity contribution in [1.82, 2.24) is 5.32 Å². The quantitative estimate of drug-likeness (QED) is 0.580. The van der Waals surface area contributed by atoms with E-state index in [9.17, 15) is 14.7 Å². The topological polar surface area (TPSA) is 75.6 Å². The number of amides is 1. The molecule has 0 heterocycles. The highest BCUT2D eigenvalue weighted by atomic mass is 127. The van der Waals surface area contributed by atoms with Gasteiger partial charge in [-0.05, 0) is 51.9 Å². The number of carbonyl (C=O) groups is 2. The van der Waals surface area contributed by atoms with Gasteiger partial charge in [0.1, 0.15) is 11.6 Å². The summed E-state index contributed by atoms with van der Waals surface area (Å²) in [5.74, 6) is -0.988. The molecule has 3 aliphatic carbocycles. The van der Waals surface area contributed by atoms with Crippen LogP contribution in [0.3, 0.4) is 0 Å². The van der Waals surface area contributed by atoms with E-state index in [1.54, 1.807) is 20.8 Å². The van der Waals surface area contributed by atoms with Crippen LogP contribution in [0.1, 0.15) is 46.5 Å². The lowest BCUT2D eigenvalue weighted by Gasteiger charge is -2.69. The van der Waals surface area contributed by atoms with Crippen molar-refractivity contribution in [3.8, 4) is 0 Å². The summed E-state index contributed by atoms with van der Waals surface area (Å²) in [5, 5.41) is 11.7. The van der Waals surface area contributed by atoms with E-state index in [4.69, 9.17) is 4.74 Å². The Morgan fingerprint density at radius 3 is 2.26 bits per heavy atom. The first-order valence-electron chi connectivity index (χ1n) is 6.44. The zero-order valence-electron chi connectivity index (χ0n) is 11.5. The number of alkyl halides is 1. The molecule has 0 saturated heterocycles. The Hall–Kier alpha value is -0.530. The Morgan fingerprint density at radius 2 is 1.89 bits per heavy atom. The Morgan fingerprint density at radius 1 is 1.37 bits per heavy atom. The van der Waals surface area contributed by atoms with Gasteiger partial charge in [0.15, 0.2) is 0 Å². The highest BCUT2D eigenvalue weighted by molar-refractivity contribution is 14.1. The summed E-state index contributed by atoms with van der Waals surface area (Å²) in [7, 11) is 0. The van der Waals surface area contributed by atoms with Gasteiger partial charge >= 0.3 is 12.1 Å². The van der Waals surface area contributed by atoms with E-state index in [0.717, 1.165) is 19.3 Å². The van der Waals surface area contributed by atoms with Crippen molar-refractivity contribution in [3.05, 3.63) is 0 Å². The number of hydrogen-bond acceptors (Lipinski definition) is 3. The fourth-order valence-electron chi connectivity index (χ4n) is 3.16. The minimum absolute atomic E-state index is 0.138. The van der Waals surface area contributed by atoms with Crippen LogP contribution in [-0.2, 0) is 9.53 Å². The number of ether oxygens (including phenoxy) is 1. The molecule has 3 saturated carbocycles. The van der Waals surface area contributed by atoms with Gasteiger partial charge in [-0.25, -0.2) is 9.59 Å². The maximum Gasteiger partial charge on any atom is 0.408 e. The SMILES string of the molecule is CC(C)(C)OC(=O)NC(CC12CC(I)(C1)C2)C(=O)O. The van der Waals surface area contributed by atoms with Crippen molar-refractivity contribution in [2.75, 3.05) is 0 Å². The molecule has 0 aromatic rings. The first-order chi connectivity index (χ1) is 8.53. The molecule has 3 aliphatic rings. The predicted octanol–water partition coefficient (Wildman–Crippen LogP) is 2.71. The lowest BCUT2D eigenvalue weighted by atomic mass is 9.42. The molecule has 3 rings (SSSR count). The number of carboxylic acids is 1. The monoisotopic (exact) mass is 381 g/mol. The maximum absolute atomic E-state index is 11.6. The van der Waals surface area contributed by atoms with Crippen LogP contribution in [0.15, 0.2) is 0 Å². The summed E-state index contributed by atoms with van der Waals surface area (Å²) in [5.41, 5.74) is -0.477. The molecular formula is C13H20INO4. The third-order valence-electron chi connectivity index (χ3n) is 3.70. The minimum atomic E-state index is -0.988. The summed E-state index contributed by atoms with van der Waals surface area (Å²) in [4.78, 5) is 22.9. The lowest BCUT2D eigenvalue weighted by molar-refractivity contribution is -0.144. The van der Waals surface area contributed by atoms with Crippen LogP contribution in [0.2, 0.25) is 0 Å². The highest BCUT2D eigenvalue weighted by Gasteiger charge is 2.66. The number of carbonyl (C=O) groups excluding carboxylic acids is 1. The van der Waals surface area contributed by atoms with Crippen LogP contribution < -0.4 is 5.32 Å². The van der Waals surface area contributed by atoms with E-state index < -0.39 is 23.7 Å². The standard InChI is InChI=1S/C13H20INO4/c1-11(2,3)19-10(18)15-8(9(16)17)4-12-5-13(14,6-12)7-12/h8H,4-7H2,1-3H3,(H,15,18)(H,16,17). The number of rotatable bonds is 4. The lowest BCUT2D eigenvalue weighted by Crippen LogP contribution is -2.65. The fourth-order valence-corrected chi connectivity index (χ4v) is 5.59. The van der Waals surface area contributed by atoms with Crippen molar-refractivity contribution in [1.29, 1.82) is 0 Å². The fraction of sp³-hybridized carbons (Fsp3) is 0.846. The minimum Gasteiger partial charge on any atom is -0.480 e. The molecule has 19 heavy (non-hydrogen) atoms. The van der Waals surface area contributed by atoms with Crippen molar-refractivity contribution in [2.45, 2.75) is 61.5 Å². The van der Waals surface area contributed by atoms with Crippen molar-refractivity contribution < 1.29 is 19.4 Å². The average molecular weight is 381 g/mol. The van der Waals surface area contributed by atoms with Gasteiger partial charge in [0, 0.05) is 3.42 Å². The molecule has 1 amide bonds. The molecule has 108 valence electrons. The molecule has 5 nitrogen and oxygen atoms in total. The molecule has 1 atom stereocenters. The summed E-state index contributed by atoms with van der Waals surface area (Å²) >= 11 is 2.45. The normalized spacial score (nSPS) is 33.7. The summed E-state index contributed by atoms with van der Waals surface area (Å²) < 4.78 is 5.51. The van der Waals surface area contributed by atoms with E-state index in [-0.39, 0.29) is 5.41 Å². The zero-order valence-corrected chi connectivity index (χ0v) is 13.6.